The van der Waals surface area contributed by atoms with Crippen LogP contribution < -0.4 is 4.90 Å². The van der Waals surface area contributed by atoms with Crippen molar-refractivity contribution < 1.29 is 13.6 Å². The summed E-state index contributed by atoms with van der Waals surface area (Å²) in [4.78, 5) is 18.6. The van der Waals surface area contributed by atoms with E-state index in [1.54, 1.807) is 35.5 Å². The lowest BCUT2D eigenvalue weighted by molar-refractivity contribution is 0.0980. The zero-order valence-corrected chi connectivity index (χ0v) is 14.3. The van der Waals surface area contributed by atoms with Gasteiger partial charge in [0.25, 0.3) is 5.91 Å². The Morgan fingerprint density at radius 3 is 2.62 bits per heavy atom. The van der Waals surface area contributed by atoms with Gasteiger partial charge in [0.05, 0.1) is 11.9 Å². The quantitative estimate of drug-likeness (QED) is 0.644. The fourth-order valence-corrected chi connectivity index (χ4v) is 3.31. The predicted octanol–water partition coefficient (Wildman–Crippen LogP) is 4.88. The zero-order valence-electron chi connectivity index (χ0n) is 13.5. The average Bonchev–Trinajstić information content (AvgIpc) is 2.64. The zero-order chi connectivity index (χ0) is 18.3. The Labute approximate surface area is 153 Å². The number of carbonyl (C=O) groups is 1. The number of anilines is 1. The summed E-state index contributed by atoms with van der Waals surface area (Å²) in [5.41, 5.74) is 3.24. The van der Waals surface area contributed by atoms with Gasteiger partial charge in [0.2, 0.25) is 0 Å². The highest BCUT2D eigenvalue weighted by molar-refractivity contribution is 6.30. The number of benzene rings is 2. The Bertz CT molecular complexity index is 1020. The highest BCUT2D eigenvalue weighted by Gasteiger charge is 2.26. The maximum atomic E-state index is 13.5. The molecule has 0 unspecified atom stereocenters. The Hall–Kier alpha value is -2.79. The van der Waals surface area contributed by atoms with E-state index in [-0.39, 0.29) is 5.91 Å². The molecule has 0 spiro atoms. The van der Waals surface area contributed by atoms with E-state index in [0.29, 0.717) is 40.4 Å². The minimum atomic E-state index is -0.923. The van der Waals surface area contributed by atoms with Crippen LogP contribution in [-0.4, -0.2) is 17.4 Å². The molecule has 1 aliphatic heterocycles. The molecule has 0 atom stereocenters. The lowest BCUT2D eigenvalue weighted by Gasteiger charge is -2.28. The number of aromatic nitrogens is 1. The Morgan fingerprint density at radius 1 is 0.962 bits per heavy atom. The van der Waals surface area contributed by atoms with Crippen molar-refractivity contribution in [3.63, 3.8) is 0 Å². The van der Waals surface area contributed by atoms with Crippen LogP contribution in [0.4, 0.5) is 14.5 Å². The van der Waals surface area contributed by atoms with Crippen molar-refractivity contribution in [1.82, 2.24) is 4.98 Å². The monoisotopic (exact) mass is 370 g/mol. The highest BCUT2D eigenvalue weighted by Crippen LogP contribution is 2.29. The molecule has 2 heterocycles. The van der Waals surface area contributed by atoms with Crippen molar-refractivity contribution in [1.29, 1.82) is 0 Å². The Kier molecular flexibility index (Phi) is 4.17. The molecule has 1 aromatic heterocycles. The first kappa shape index (κ1) is 16.7. The summed E-state index contributed by atoms with van der Waals surface area (Å²) in [6, 6.07) is 10.6. The first-order valence-electron chi connectivity index (χ1n) is 8.04. The van der Waals surface area contributed by atoms with Crippen molar-refractivity contribution >= 4 is 23.2 Å². The van der Waals surface area contributed by atoms with Crippen LogP contribution in [0.1, 0.15) is 15.9 Å². The summed E-state index contributed by atoms with van der Waals surface area (Å²) in [5, 5.41) is 0.604. The maximum Gasteiger partial charge on any atom is 0.258 e. The normalized spacial score (nSPS) is 13.7. The fourth-order valence-electron chi connectivity index (χ4n) is 3.11. The molecule has 130 valence electrons. The van der Waals surface area contributed by atoms with Crippen LogP contribution in [0.15, 0.2) is 54.9 Å². The van der Waals surface area contributed by atoms with E-state index >= 15 is 0 Å². The Morgan fingerprint density at radius 2 is 1.81 bits per heavy atom. The number of fused-ring (bicyclic) bond motifs is 1. The van der Waals surface area contributed by atoms with E-state index < -0.39 is 11.6 Å². The fraction of sp³-hybridized carbons (Fsp3) is 0.100. The second kappa shape index (κ2) is 6.50. The third kappa shape index (κ3) is 2.95. The molecule has 1 aliphatic rings. The van der Waals surface area contributed by atoms with Gasteiger partial charge in [-0.25, -0.2) is 8.78 Å². The van der Waals surface area contributed by atoms with Gasteiger partial charge in [-0.2, -0.15) is 0 Å². The number of hydrogen-bond acceptors (Lipinski definition) is 2. The van der Waals surface area contributed by atoms with Gasteiger partial charge in [0, 0.05) is 28.9 Å². The van der Waals surface area contributed by atoms with Crippen LogP contribution in [0.25, 0.3) is 11.1 Å². The molecule has 2 aromatic carbocycles. The molecular weight excluding hydrogens is 358 g/mol. The second-order valence-corrected chi connectivity index (χ2v) is 6.51. The number of amides is 1. The van der Waals surface area contributed by atoms with Crippen LogP contribution in [0.2, 0.25) is 5.02 Å². The minimum Gasteiger partial charge on any atom is -0.306 e. The molecule has 3 nitrogen and oxygen atoms in total. The summed E-state index contributed by atoms with van der Waals surface area (Å²) in [7, 11) is 0. The number of carbonyl (C=O) groups excluding carboxylic acids is 1. The molecule has 0 saturated carbocycles. The molecule has 0 aliphatic carbocycles. The minimum absolute atomic E-state index is 0.132. The van der Waals surface area contributed by atoms with Crippen molar-refractivity contribution in [2.45, 2.75) is 6.42 Å². The van der Waals surface area contributed by atoms with Crippen molar-refractivity contribution in [3.05, 3.63) is 82.6 Å². The maximum absolute atomic E-state index is 13.5. The third-order valence-electron chi connectivity index (χ3n) is 4.44. The van der Waals surface area contributed by atoms with Gasteiger partial charge in [0.15, 0.2) is 11.6 Å². The van der Waals surface area contributed by atoms with Crippen LogP contribution >= 0.6 is 11.6 Å². The van der Waals surface area contributed by atoms with E-state index in [4.69, 9.17) is 11.6 Å². The van der Waals surface area contributed by atoms with Crippen molar-refractivity contribution in [2.75, 3.05) is 11.4 Å². The molecule has 0 saturated heterocycles. The topological polar surface area (TPSA) is 33.2 Å². The van der Waals surface area contributed by atoms with Crippen LogP contribution in [0.5, 0.6) is 0 Å². The van der Waals surface area contributed by atoms with Crippen LogP contribution in [-0.2, 0) is 6.42 Å². The van der Waals surface area contributed by atoms with E-state index in [2.05, 4.69) is 4.98 Å². The number of pyridine rings is 1. The van der Waals surface area contributed by atoms with Gasteiger partial charge in [-0.15, -0.1) is 0 Å². The molecule has 0 bridgehead atoms. The lowest BCUT2D eigenvalue weighted by Crippen LogP contribution is -2.37. The molecule has 4 rings (SSSR count). The van der Waals surface area contributed by atoms with E-state index in [1.807, 2.05) is 6.07 Å². The molecule has 6 heteroatoms. The largest absolute Gasteiger partial charge is 0.306 e. The highest BCUT2D eigenvalue weighted by atomic mass is 35.5. The third-order valence-corrected chi connectivity index (χ3v) is 4.67. The summed E-state index contributed by atoms with van der Waals surface area (Å²) >= 11 is 6.00. The summed E-state index contributed by atoms with van der Waals surface area (Å²) in [6.45, 7) is 0.495. The van der Waals surface area contributed by atoms with Crippen molar-refractivity contribution in [2.24, 2.45) is 0 Å². The van der Waals surface area contributed by atoms with Gasteiger partial charge in [-0.05, 0) is 53.9 Å². The molecule has 1 amide bonds. The number of halogens is 3. The summed E-state index contributed by atoms with van der Waals surface area (Å²) in [5.74, 6) is -1.96. The molecule has 0 N–H and O–H groups in total. The SMILES string of the molecule is O=C1c2ccc(Cl)cc2CCN1c1cncc(-c2ccc(F)c(F)c2)c1. The van der Waals surface area contributed by atoms with Gasteiger partial charge in [-0.3, -0.25) is 9.78 Å². The average molecular weight is 371 g/mol. The first-order valence-corrected chi connectivity index (χ1v) is 8.41. The van der Waals surface area contributed by atoms with E-state index in [0.717, 1.165) is 17.7 Å². The van der Waals surface area contributed by atoms with Crippen LogP contribution in [0, 0.1) is 11.6 Å². The predicted molar refractivity (Wildman–Crippen MR) is 96.4 cm³/mol. The Balaban J connectivity index is 1.70. The molecule has 0 radical (unpaired) electrons. The number of rotatable bonds is 2. The summed E-state index contributed by atoms with van der Waals surface area (Å²) < 4.78 is 26.7. The lowest BCUT2D eigenvalue weighted by atomic mass is 9.98. The molecular formula is C20H13ClF2N2O. The standard InChI is InChI=1S/C20H13ClF2N2O/c21-15-2-3-17-13(7-15)5-6-25(20(17)26)16-8-14(10-24-11-16)12-1-4-18(22)19(23)9-12/h1-4,7-11H,5-6H2. The summed E-state index contributed by atoms with van der Waals surface area (Å²) in [6.07, 6.45) is 3.82. The number of hydrogen-bond donors (Lipinski definition) is 0. The van der Waals surface area contributed by atoms with Gasteiger partial charge in [-0.1, -0.05) is 17.7 Å². The van der Waals surface area contributed by atoms with Crippen molar-refractivity contribution in [3.8, 4) is 11.1 Å². The smallest absolute Gasteiger partial charge is 0.258 e. The second-order valence-electron chi connectivity index (χ2n) is 6.07. The van der Waals surface area contributed by atoms with Gasteiger partial charge >= 0.3 is 0 Å². The molecule has 0 fully saturated rings. The first-order chi connectivity index (χ1) is 12.5. The number of nitrogens with zero attached hydrogens (tertiary/aromatic N) is 2. The van der Waals surface area contributed by atoms with Gasteiger partial charge in [0.1, 0.15) is 0 Å². The van der Waals surface area contributed by atoms with E-state index in [1.165, 1.54) is 6.07 Å². The van der Waals surface area contributed by atoms with E-state index in [9.17, 15) is 13.6 Å². The van der Waals surface area contributed by atoms with Crippen LogP contribution in [0.3, 0.4) is 0 Å². The van der Waals surface area contributed by atoms with Gasteiger partial charge < -0.3 is 4.90 Å². The molecule has 3 aromatic rings. The molecule has 26 heavy (non-hydrogen) atoms.